The second-order valence-electron chi connectivity index (χ2n) is 4.64. The number of carbonyl (C=O) groups is 1. The molecule has 1 aromatic heterocycles. The van der Waals surface area contributed by atoms with E-state index in [0.717, 1.165) is 5.56 Å². The number of carbonyl (C=O) groups excluding carboxylic acids is 1. The van der Waals surface area contributed by atoms with Gasteiger partial charge in [0, 0.05) is 18.3 Å². The zero-order valence-corrected chi connectivity index (χ0v) is 12.4. The highest BCUT2D eigenvalue weighted by molar-refractivity contribution is 6.33. The number of pyridine rings is 1. The van der Waals surface area contributed by atoms with Crippen LogP contribution in [0.1, 0.15) is 22.8 Å². The van der Waals surface area contributed by atoms with Gasteiger partial charge < -0.3 is 5.32 Å². The van der Waals surface area contributed by atoms with E-state index in [1.165, 1.54) is 12.4 Å². The van der Waals surface area contributed by atoms with Gasteiger partial charge in [-0.2, -0.15) is 0 Å². The lowest BCUT2D eigenvalue weighted by atomic mass is 9.93. The first-order valence-corrected chi connectivity index (χ1v) is 7.01. The van der Waals surface area contributed by atoms with Gasteiger partial charge in [0.25, 0.3) is 5.91 Å². The van der Waals surface area contributed by atoms with Crippen LogP contribution in [0, 0.1) is 0 Å². The zero-order chi connectivity index (χ0) is 14.6. The van der Waals surface area contributed by atoms with Gasteiger partial charge >= 0.3 is 0 Å². The second kappa shape index (κ2) is 6.25. The van der Waals surface area contributed by atoms with Crippen LogP contribution in [0.3, 0.4) is 0 Å². The largest absolute Gasteiger partial charge is 0.342 e. The molecule has 1 N–H and O–H groups in total. The van der Waals surface area contributed by atoms with E-state index in [1.807, 2.05) is 37.3 Å². The van der Waals surface area contributed by atoms with Gasteiger partial charge in [0.05, 0.1) is 16.1 Å². The lowest BCUT2D eigenvalue weighted by Crippen LogP contribution is -2.45. The third-order valence-corrected chi connectivity index (χ3v) is 3.92. The molecule has 1 heterocycles. The van der Waals surface area contributed by atoms with Gasteiger partial charge in [-0.25, -0.2) is 0 Å². The van der Waals surface area contributed by atoms with Gasteiger partial charge in [0.2, 0.25) is 0 Å². The van der Waals surface area contributed by atoms with Crippen molar-refractivity contribution in [2.24, 2.45) is 0 Å². The second-order valence-corrected chi connectivity index (χ2v) is 5.32. The molecule has 0 radical (unpaired) electrons. The number of amides is 1. The molecule has 1 unspecified atom stereocenters. The molecule has 20 heavy (non-hydrogen) atoms. The highest BCUT2D eigenvalue weighted by Gasteiger charge is 2.28. The fourth-order valence-electron chi connectivity index (χ4n) is 1.87. The molecule has 0 aliphatic heterocycles. The standard InChI is InChI=1S/C15H14Cl2N2O/c1-15(10-16,11-5-3-2-4-6-11)19-14(20)12-7-8-18-9-13(12)17/h2-9H,10H2,1H3,(H,19,20). The Kier molecular flexibility index (Phi) is 4.63. The van der Waals surface area contributed by atoms with E-state index in [-0.39, 0.29) is 11.8 Å². The number of hydrogen-bond donors (Lipinski definition) is 1. The molecule has 0 saturated carbocycles. The van der Waals surface area contributed by atoms with Crippen LogP contribution in [0.5, 0.6) is 0 Å². The van der Waals surface area contributed by atoms with Crippen molar-refractivity contribution >= 4 is 29.1 Å². The van der Waals surface area contributed by atoms with E-state index in [4.69, 9.17) is 23.2 Å². The predicted molar refractivity (Wildman–Crippen MR) is 81.2 cm³/mol. The summed E-state index contributed by atoms with van der Waals surface area (Å²) in [6.45, 7) is 1.88. The zero-order valence-electron chi connectivity index (χ0n) is 10.9. The maximum absolute atomic E-state index is 12.3. The highest BCUT2D eigenvalue weighted by Crippen LogP contribution is 2.23. The Morgan fingerprint density at radius 2 is 2.00 bits per heavy atom. The lowest BCUT2D eigenvalue weighted by Gasteiger charge is -2.29. The quantitative estimate of drug-likeness (QED) is 0.877. The number of benzene rings is 1. The fraction of sp³-hybridized carbons (Fsp3) is 0.200. The van der Waals surface area contributed by atoms with Crippen molar-refractivity contribution in [2.45, 2.75) is 12.5 Å². The number of alkyl halides is 1. The van der Waals surface area contributed by atoms with E-state index in [2.05, 4.69) is 10.3 Å². The number of nitrogens with zero attached hydrogens (tertiary/aromatic N) is 1. The number of halogens is 2. The van der Waals surface area contributed by atoms with E-state index in [9.17, 15) is 4.79 Å². The Morgan fingerprint density at radius 1 is 1.30 bits per heavy atom. The Labute approximate surface area is 127 Å². The minimum atomic E-state index is -0.660. The maximum atomic E-state index is 12.3. The third-order valence-electron chi connectivity index (χ3n) is 3.08. The van der Waals surface area contributed by atoms with Crippen molar-refractivity contribution in [2.75, 3.05) is 5.88 Å². The first-order chi connectivity index (χ1) is 9.57. The number of rotatable bonds is 4. The van der Waals surface area contributed by atoms with Gasteiger partial charge in [-0.3, -0.25) is 9.78 Å². The average molecular weight is 309 g/mol. The SMILES string of the molecule is CC(CCl)(NC(=O)c1ccncc1Cl)c1ccccc1. The van der Waals surface area contributed by atoms with Crippen LogP contribution >= 0.6 is 23.2 Å². The van der Waals surface area contributed by atoms with Gasteiger partial charge in [0.1, 0.15) is 0 Å². The summed E-state index contributed by atoms with van der Waals surface area (Å²) in [4.78, 5) is 16.2. The van der Waals surface area contributed by atoms with E-state index in [1.54, 1.807) is 6.07 Å². The Bertz CT molecular complexity index is 604. The Balaban J connectivity index is 2.27. The molecular weight excluding hydrogens is 295 g/mol. The monoisotopic (exact) mass is 308 g/mol. The summed E-state index contributed by atoms with van der Waals surface area (Å²) in [6, 6.07) is 11.2. The highest BCUT2D eigenvalue weighted by atomic mass is 35.5. The molecule has 2 aromatic rings. The molecule has 3 nitrogen and oxygen atoms in total. The van der Waals surface area contributed by atoms with Crippen molar-refractivity contribution < 1.29 is 4.79 Å². The predicted octanol–water partition coefficient (Wildman–Crippen LogP) is 3.62. The molecule has 1 amide bonds. The van der Waals surface area contributed by atoms with Crippen molar-refractivity contribution in [3.8, 4) is 0 Å². The summed E-state index contributed by atoms with van der Waals surface area (Å²) < 4.78 is 0. The molecule has 104 valence electrons. The minimum Gasteiger partial charge on any atom is -0.342 e. The van der Waals surface area contributed by atoms with Crippen LogP contribution < -0.4 is 5.32 Å². The molecule has 5 heteroatoms. The van der Waals surface area contributed by atoms with Crippen molar-refractivity contribution in [3.63, 3.8) is 0 Å². The van der Waals surface area contributed by atoms with Gasteiger partial charge in [-0.1, -0.05) is 41.9 Å². The van der Waals surface area contributed by atoms with Crippen LogP contribution in [0.15, 0.2) is 48.8 Å². The van der Waals surface area contributed by atoms with Crippen LogP contribution in [0.4, 0.5) is 0 Å². The number of aromatic nitrogens is 1. The van der Waals surface area contributed by atoms with Gasteiger partial charge in [-0.15, -0.1) is 11.6 Å². The third kappa shape index (κ3) is 3.11. The number of hydrogen-bond acceptors (Lipinski definition) is 2. The molecule has 0 aliphatic carbocycles. The van der Waals surface area contributed by atoms with Crippen molar-refractivity contribution in [1.82, 2.24) is 10.3 Å². The molecule has 0 fully saturated rings. The first-order valence-electron chi connectivity index (χ1n) is 6.10. The summed E-state index contributed by atoms with van der Waals surface area (Å²) >= 11 is 12.0. The minimum absolute atomic E-state index is 0.255. The topological polar surface area (TPSA) is 42.0 Å². The van der Waals surface area contributed by atoms with Crippen molar-refractivity contribution in [3.05, 3.63) is 64.9 Å². The normalized spacial score (nSPS) is 13.6. The summed E-state index contributed by atoms with van der Waals surface area (Å²) in [6.07, 6.45) is 2.97. The molecular formula is C15H14Cl2N2O. The van der Waals surface area contributed by atoms with Crippen LogP contribution in [-0.4, -0.2) is 16.8 Å². The van der Waals surface area contributed by atoms with Gasteiger partial charge in [0.15, 0.2) is 0 Å². The Morgan fingerprint density at radius 3 is 2.60 bits per heavy atom. The lowest BCUT2D eigenvalue weighted by molar-refractivity contribution is 0.0913. The van der Waals surface area contributed by atoms with Crippen LogP contribution in [0.25, 0.3) is 0 Å². The maximum Gasteiger partial charge on any atom is 0.253 e. The van der Waals surface area contributed by atoms with E-state index >= 15 is 0 Å². The number of nitrogens with one attached hydrogen (secondary N) is 1. The van der Waals surface area contributed by atoms with Crippen LogP contribution in [0.2, 0.25) is 5.02 Å². The molecule has 0 saturated heterocycles. The Hall–Kier alpha value is -1.58. The average Bonchev–Trinajstić information content (AvgIpc) is 2.48. The molecule has 2 rings (SSSR count). The first kappa shape index (κ1) is 14.8. The van der Waals surface area contributed by atoms with E-state index < -0.39 is 5.54 Å². The van der Waals surface area contributed by atoms with Crippen molar-refractivity contribution in [1.29, 1.82) is 0 Å². The van der Waals surface area contributed by atoms with Gasteiger partial charge in [-0.05, 0) is 18.6 Å². The van der Waals surface area contributed by atoms with E-state index in [0.29, 0.717) is 10.6 Å². The summed E-state index contributed by atoms with van der Waals surface area (Å²) in [7, 11) is 0. The molecule has 0 bridgehead atoms. The summed E-state index contributed by atoms with van der Waals surface area (Å²) in [5.41, 5.74) is 0.662. The summed E-state index contributed by atoms with van der Waals surface area (Å²) in [5, 5.41) is 3.25. The molecule has 1 atom stereocenters. The molecule has 0 spiro atoms. The molecule has 0 aliphatic rings. The van der Waals surface area contributed by atoms with Crippen LogP contribution in [-0.2, 0) is 5.54 Å². The summed E-state index contributed by atoms with van der Waals surface area (Å²) in [5.74, 6) is -0.0183. The fourth-order valence-corrected chi connectivity index (χ4v) is 2.29. The molecule has 1 aromatic carbocycles. The smallest absolute Gasteiger partial charge is 0.253 e.